The molecule has 1 aliphatic heterocycles. The summed E-state index contributed by atoms with van der Waals surface area (Å²) in [5, 5.41) is 9.54. The van der Waals surface area contributed by atoms with Crippen molar-refractivity contribution in [3.63, 3.8) is 0 Å². The normalized spacial score (nSPS) is 33.8. The summed E-state index contributed by atoms with van der Waals surface area (Å²) in [6.07, 6.45) is 7.04. The summed E-state index contributed by atoms with van der Waals surface area (Å²) in [7, 11) is 1.62. The van der Waals surface area contributed by atoms with E-state index in [0.717, 1.165) is 12.8 Å². The van der Waals surface area contributed by atoms with Crippen molar-refractivity contribution >= 4 is 0 Å². The van der Waals surface area contributed by atoms with Gasteiger partial charge in [-0.3, -0.25) is 0 Å². The van der Waals surface area contributed by atoms with Crippen LogP contribution in [-0.2, 0) is 9.47 Å². The third kappa shape index (κ3) is 3.08. The molecule has 0 aromatic rings. The smallest absolute Gasteiger partial charge is 0.189 e. The van der Waals surface area contributed by atoms with Gasteiger partial charge in [0.2, 0.25) is 0 Å². The van der Waals surface area contributed by atoms with Crippen LogP contribution >= 0.6 is 0 Å². The number of allylic oxidation sites excluding steroid dienone is 1. The number of aliphatic hydroxyl groups excluding tert-OH is 1. The molecule has 1 fully saturated rings. The minimum absolute atomic E-state index is 0.310. The predicted molar refractivity (Wildman–Crippen MR) is 55.0 cm³/mol. The van der Waals surface area contributed by atoms with E-state index in [4.69, 9.17) is 9.47 Å². The summed E-state index contributed by atoms with van der Waals surface area (Å²) in [6, 6.07) is 0. The molecular formula is C11H20O3. The Labute approximate surface area is 85.7 Å². The maximum Gasteiger partial charge on any atom is 0.189 e. The van der Waals surface area contributed by atoms with E-state index < -0.39 is 5.79 Å². The van der Waals surface area contributed by atoms with Crippen molar-refractivity contribution < 1.29 is 14.6 Å². The molecule has 82 valence electrons. The van der Waals surface area contributed by atoms with Gasteiger partial charge in [0.1, 0.15) is 0 Å². The first-order valence-electron chi connectivity index (χ1n) is 5.27. The zero-order valence-corrected chi connectivity index (χ0v) is 9.03. The van der Waals surface area contributed by atoms with Crippen molar-refractivity contribution in [1.29, 1.82) is 0 Å². The third-order valence-corrected chi connectivity index (χ3v) is 2.49. The van der Waals surface area contributed by atoms with E-state index in [1.807, 2.05) is 6.08 Å². The number of ether oxygens (including phenoxy) is 2. The molecule has 1 heterocycles. The molecular weight excluding hydrogens is 180 g/mol. The van der Waals surface area contributed by atoms with E-state index in [1.165, 1.54) is 0 Å². The molecule has 0 bridgehead atoms. The number of rotatable bonds is 4. The summed E-state index contributed by atoms with van der Waals surface area (Å²) < 4.78 is 10.9. The molecule has 0 aliphatic carbocycles. The van der Waals surface area contributed by atoms with Crippen molar-refractivity contribution in [3.05, 3.63) is 12.2 Å². The van der Waals surface area contributed by atoms with Crippen molar-refractivity contribution in [2.24, 2.45) is 0 Å². The van der Waals surface area contributed by atoms with Crippen LogP contribution in [0.4, 0.5) is 0 Å². The molecule has 3 nitrogen and oxygen atoms in total. The quantitative estimate of drug-likeness (QED) is 0.704. The Balaban J connectivity index is 2.55. The summed E-state index contributed by atoms with van der Waals surface area (Å²) in [5.74, 6) is -0.688. The summed E-state index contributed by atoms with van der Waals surface area (Å²) >= 11 is 0. The molecule has 0 aromatic heterocycles. The van der Waals surface area contributed by atoms with E-state index in [0.29, 0.717) is 19.4 Å². The lowest BCUT2D eigenvalue weighted by Gasteiger charge is -2.35. The van der Waals surface area contributed by atoms with Crippen LogP contribution in [0.3, 0.4) is 0 Å². The molecule has 1 rings (SSSR count). The molecule has 1 N–H and O–H groups in total. The maximum atomic E-state index is 9.54. The fourth-order valence-corrected chi connectivity index (χ4v) is 1.61. The SMILES string of the molecule is CCCC=CC1(OC)CC(O)CCO1. The third-order valence-electron chi connectivity index (χ3n) is 2.49. The van der Waals surface area contributed by atoms with E-state index in [9.17, 15) is 5.11 Å². The fraction of sp³-hybridized carbons (Fsp3) is 0.818. The van der Waals surface area contributed by atoms with Gasteiger partial charge in [0.05, 0.1) is 12.7 Å². The zero-order valence-electron chi connectivity index (χ0n) is 9.03. The Hall–Kier alpha value is -0.380. The molecule has 1 aliphatic rings. The van der Waals surface area contributed by atoms with Gasteiger partial charge < -0.3 is 14.6 Å². The highest BCUT2D eigenvalue weighted by Gasteiger charge is 2.34. The largest absolute Gasteiger partial charge is 0.393 e. The minimum atomic E-state index is -0.688. The van der Waals surface area contributed by atoms with Crippen LogP contribution in [0.2, 0.25) is 0 Å². The van der Waals surface area contributed by atoms with E-state index >= 15 is 0 Å². The van der Waals surface area contributed by atoms with Gasteiger partial charge >= 0.3 is 0 Å². The van der Waals surface area contributed by atoms with Gasteiger partial charge in [0, 0.05) is 13.5 Å². The average Bonchev–Trinajstić information content (AvgIpc) is 2.18. The fourth-order valence-electron chi connectivity index (χ4n) is 1.61. The lowest BCUT2D eigenvalue weighted by molar-refractivity contribution is -0.228. The maximum absolute atomic E-state index is 9.54. The standard InChI is InChI=1S/C11H20O3/c1-3-4-5-7-11(13-2)9-10(12)6-8-14-11/h5,7,10,12H,3-4,6,8-9H2,1-2H3. The average molecular weight is 200 g/mol. The molecule has 2 atom stereocenters. The van der Waals surface area contributed by atoms with E-state index in [2.05, 4.69) is 13.0 Å². The molecule has 1 saturated heterocycles. The van der Waals surface area contributed by atoms with Crippen LogP contribution < -0.4 is 0 Å². The molecule has 2 unspecified atom stereocenters. The molecule has 0 amide bonds. The van der Waals surface area contributed by atoms with Crippen LogP contribution in [0.25, 0.3) is 0 Å². The highest BCUT2D eigenvalue weighted by atomic mass is 16.7. The van der Waals surface area contributed by atoms with Gasteiger partial charge in [0.15, 0.2) is 5.79 Å². The Morgan fingerprint density at radius 1 is 1.64 bits per heavy atom. The molecule has 0 saturated carbocycles. The summed E-state index contributed by atoms with van der Waals surface area (Å²) in [5.41, 5.74) is 0. The van der Waals surface area contributed by atoms with Crippen molar-refractivity contribution in [2.45, 2.75) is 44.5 Å². The van der Waals surface area contributed by atoms with Crippen LogP contribution in [0.15, 0.2) is 12.2 Å². The summed E-state index contributed by atoms with van der Waals surface area (Å²) in [4.78, 5) is 0. The second-order valence-corrected chi connectivity index (χ2v) is 3.70. The summed E-state index contributed by atoms with van der Waals surface area (Å²) in [6.45, 7) is 2.69. The highest BCUT2D eigenvalue weighted by molar-refractivity contribution is 4.99. The first-order valence-corrected chi connectivity index (χ1v) is 5.27. The van der Waals surface area contributed by atoms with E-state index in [1.54, 1.807) is 7.11 Å². The molecule has 0 radical (unpaired) electrons. The number of hydrogen-bond donors (Lipinski definition) is 1. The number of aliphatic hydroxyl groups is 1. The lowest BCUT2D eigenvalue weighted by atomic mass is 10.0. The molecule has 3 heteroatoms. The van der Waals surface area contributed by atoms with Crippen LogP contribution in [-0.4, -0.2) is 30.7 Å². The Morgan fingerprint density at radius 3 is 3.00 bits per heavy atom. The van der Waals surface area contributed by atoms with Crippen molar-refractivity contribution in [1.82, 2.24) is 0 Å². The molecule has 0 spiro atoms. The Bertz CT molecular complexity index is 191. The first-order chi connectivity index (χ1) is 6.72. The second-order valence-electron chi connectivity index (χ2n) is 3.70. The Kier molecular flexibility index (Phi) is 4.58. The minimum Gasteiger partial charge on any atom is -0.393 e. The van der Waals surface area contributed by atoms with Gasteiger partial charge in [-0.15, -0.1) is 0 Å². The lowest BCUT2D eigenvalue weighted by Crippen LogP contribution is -2.41. The monoisotopic (exact) mass is 200 g/mol. The van der Waals surface area contributed by atoms with Crippen LogP contribution in [0.1, 0.15) is 32.6 Å². The molecule has 14 heavy (non-hydrogen) atoms. The van der Waals surface area contributed by atoms with Crippen molar-refractivity contribution in [2.75, 3.05) is 13.7 Å². The number of hydrogen-bond acceptors (Lipinski definition) is 3. The number of unbranched alkanes of at least 4 members (excludes halogenated alkanes) is 1. The van der Waals surface area contributed by atoms with Gasteiger partial charge in [-0.1, -0.05) is 19.4 Å². The molecule has 0 aromatic carbocycles. The van der Waals surface area contributed by atoms with Gasteiger partial charge in [-0.2, -0.15) is 0 Å². The number of methoxy groups -OCH3 is 1. The van der Waals surface area contributed by atoms with Crippen LogP contribution in [0.5, 0.6) is 0 Å². The van der Waals surface area contributed by atoms with Crippen molar-refractivity contribution in [3.8, 4) is 0 Å². The first kappa shape index (κ1) is 11.7. The zero-order chi connectivity index (χ0) is 10.4. The van der Waals surface area contributed by atoms with Gasteiger partial charge in [0.25, 0.3) is 0 Å². The highest BCUT2D eigenvalue weighted by Crippen LogP contribution is 2.27. The van der Waals surface area contributed by atoms with E-state index in [-0.39, 0.29) is 6.10 Å². The van der Waals surface area contributed by atoms with Crippen LogP contribution in [0, 0.1) is 0 Å². The van der Waals surface area contributed by atoms with Gasteiger partial charge in [-0.25, -0.2) is 0 Å². The predicted octanol–water partition coefficient (Wildman–Crippen LogP) is 1.86. The second kappa shape index (κ2) is 5.49. The topological polar surface area (TPSA) is 38.7 Å². The Morgan fingerprint density at radius 2 is 2.43 bits per heavy atom. The van der Waals surface area contributed by atoms with Gasteiger partial charge in [-0.05, 0) is 18.9 Å².